The summed E-state index contributed by atoms with van der Waals surface area (Å²) in [6.45, 7) is 0.727. The summed E-state index contributed by atoms with van der Waals surface area (Å²) in [6.07, 6.45) is 0. The SMILES string of the molecule is CN(c1ccccc1)S(=O)(=O)c1ccc(C(=O)NCCNc2ccc([N+](=O)[O-])cc2)cc1. The number of nitrogens with one attached hydrogen (secondary N) is 2. The maximum absolute atomic E-state index is 12.8. The van der Waals surface area contributed by atoms with Gasteiger partial charge in [0.25, 0.3) is 21.6 Å². The fraction of sp³-hybridized carbons (Fsp3) is 0.136. The van der Waals surface area contributed by atoms with E-state index in [-0.39, 0.29) is 16.5 Å². The first kappa shape index (κ1) is 22.8. The fourth-order valence-corrected chi connectivity index (χ4v) is 4.09. The number of rotatable bonds is 9. The minimum absolute atomic E-state index is 0.00396. The Morgan fingerprint density at radius 2 is 1.56 bits per heavy atom. The van der Waals surface area contributed by atoms with Crippen molar-refractivity contribution in [2.24, 2.45) is 0 Å². The number of para-hydroxylation sites is 1. The van der Waals surface area contributed by atoms with Crippen molar-refractivity contribution in [2.75, 3.05) is 29.8 Å². The van der Waals surface area contributed by atoms with Gasteiger partial charge in [-0.25, -0.2) is 8.42 Å². The van der Waals surface area contributed by atoms with Gasteiger partial charge in [0, 0.05) is 43.5 Å². The van der Waals surface area contributed by atoms with Gasteiger partial charge in [-0.15, -0.1) is 0 Å². The molecule has 9 nitrogen and oxygen atoms in total. The Labute approximate surface area is 185 Å². The van der Waals surface area contributed by atoms with Crippen LogP contribution in [0.4, 0.5) is 17.1 Å². The molecule has 0 fully saturated rings. The van der Waals surface area contributed by atoms with Crippen LogP contribution in [0.15, 0.2) is 83.8 Å². The predicted molar refractivity (Wildman–Crippen MR) is 122 cm³/mol. The van der Waals surface area contributed by atoms with Crippen LogP contribution in [-0.4, -0.2) is 39.4 Å². The molecule has 0 saturated heterocycles. The van der Waals surface area contributed by atoms with E-state index in [4.69, 9.17) is 0 Å². The summed E-state index contributed by atoms with van der Waals surface area (Å²) in [4.78, 5) is 22.6. The van der Waals surface area contributed by atoms with Crippen molar-refractivity contribution >= 4 is 33.0 Å². The van der Waals surface area contributed by atoms with Gasteiger partial charge in [-0.3, -0.25) is 19.2 Å². The number of sulfonamides is 1. The molecule has 0 aliphatic heterocycles. The van der Waals surface area contributed by atoms with Gasteiger partial charge in [0.2, 0.25) is 0 Å². The largest absolute Gasteiger partial charge is 0.383 e. The predicted octanol–water partition coefficient (Wildman–Crippen LogP) is 3.26. The molecule has 0 aliphatic rings. The van der Waals surface area contributed by atoms with Crippen LogP contribution in [0.3, 0.4) is 0 Å². The van der Waals surface area contributed by atoms with E-state index in [0.717, 1.165) is 0 Å². The maximum Gasteiger partial charge on any atom is 0.269 e. The highest BCUT2D eigenvalue weighted by atomic mass is 32.2. The highest BCUT2D eigenvalue weighted by Gasteiger charge is 2.21. The molecule has 0 aromatic heterocycles. The van der Waals surface area contributed by atoms with Crippen LogP contribution in [0.25, 0.3) is 0 Å². The van der Waals surface area contributed by atoms with Crippen LogP contribution < -0.4 is 14.9 Å². The normalized spacial score (nSPS) is 10.9. The number of amides is 1. The summed E-state index contributed by atoms with van der Waals surface area (Å²) in [7, 11) is -2.27. The lowest BCUT2D eigenvalue weighted by Crippen LogP contribution is -2.29. The van der Waals surface area contributed by atoms with Crippen molar-refractivity contribution in [1.82, 2.24) is 5.32 Å². The number of anilines is 2. The first-order chi connectivity index (χ1) is 15.3. The van der Waals surface area contributed by atoms with Crippen molar-refractivity contribution in [1.29, 1.82) is 0 Å². The van der Waals surface area contributed by atoms with E-state index in [1.54, 1.807) is 42.5 Å². The number of carbonyl (C=O) groups is 1. The Morgan fingerprint density at radius 3 is 2.16 bits per heavy atom. The molecule has 3 rings (SSSR count). The van der Waals surface area contributed by atoms with E-state index in [9.17, 15) is 23.3 Å². The minimum Gasteiger partial charge on any atom is -0.383 e. The number of nitro benzene ring substituents is 1. The Balaban J connectivity index is 1.54. The molecule has 0 spiro atoms. The summed E-state index contributed by atoms with van der Waals surface area (Å²) in [5.41, 5.74) is 1.57. The van der Waals surface area contributed by atoms with E-state index >= 15 is 0 Å². The molecule has 0 radical (unpaired) electrons. The second-order valence-corrected chi connectivity index (χ2v) is 8.79. The summed E-state index contributed by atoms with van der Waals surface area (Å²) < 4.78 is 26.8. The Hall–Kier alpha value is -3.92. The third-order valence-corrected chi connectivity index (χ3v) is 6.51. The van der Waals surface area contributed by atoms with Gasteiger partial charge in [-0.2, -0.15) is 0 Å². The van der Waals surface area contributed by atoms with Gasteiger partial charge >= 0.3 is 0 Å². The Bertz CT molecular complexity index is 1180. The summed E-state index contributed by atoms with van der Waals surface area (Å²) in [5.74, 6) is -0.337. The molecule has 3 aromatic carbocycles. The second kappa shape index (κ2) is 9.92. The number of non-ortho nitro benzene ring substituents is 1. The number of hydrogen-bond acceptors (Lipinski definition) is 6. The molecule has 0 saturated carbocycles. The number of nitrogens with zero attached hydrogens (tertiary/aromatic N) is 2. The lowest BCUT2D eigenvalue weighted by Gasteiger charge is -2.19. The lowest BCUT2D eigenvalue weighted by molar-refractivity contribution is -0.384. The average Bonchev–Trinajstić information content (AvgIpc) is 2.82. The monoisotopic (exact) mass is 454 g/mol. The van der Waals surface area contributed by atoms with Crippen LogP contribution in [0.2, 0.25) is 0 Å². The molecule has 0 aliphatic carbocycles. The van der Waals surface area contributed by atoms with Crippen molar-refractivity contribution in [3.8, 4) is 0 Å². The highest BCUT2D eigenvalue weighted by molar-refractivity contribution is 7.92. The Kier molecular flexibility index (Phi) is 7.06. The van der Waals surface area contributed by atoms with Gasteiger partial charge in [-0.1, -0.05) is 18.2 Å². The third kappa shape index (κ3) is 5.41. The molecule has 0 unspecified atom stereocenters. The molecule has 1 amide bonds. The topological polar surface area (TPSA) is 122 Å². The molecule has 3 aromatic rings. The zero-order valence-corrected chi connectivity index (χ0v) is 18.1. The third-order valence-electron chi connectivity index (χ3n) is 4.71. The second-order valence-electron chi connectivity index (χ2n) is 6.82. The van der Waals surface area contributed by atoms with Crippen molar-refractivity contribution in [3.05, 3.63) is 94.5 Å². The van der Waals surface area contributed by atoms with Gasteiger partial charge in [0.1, 0.15) is 0 Å². The van der Waals surface area contributed by atoms with E-state index in [2.05, 4.69) is 10.6 Å². The molecular weight excluding hydrogens is 432 g/mol. The first-order valence-electron chi connectivity index (χ1n) is 9.69. The van der Waals surface area contributed by atoms with Crippen LogP contribution in [0.1, 0.15) is 10.4 Å². The summed E-state index contributed by atoms with van der Waals surface area (Å²) >= 11 is 0. The summed E-state index contributed by atoms with van der Waals surface area (Å²) in [6, 6.07) is 20.4. The van der Waals surface area contributed by atoms with Gasteiger partial charge in [-0.05, 0) is 48.5 Å². The molecule has 0 atom stereocenters. The fourth-order valence-electron chi connectivity index (χ4n) is 2.90. The van der Waals surface area contributed by atoms with Crippen LogP contribution in [0, 0.1) is 10.1 Å². The maximum atomic E-state index is 12.8. The lowest BCUT2D eigenvalue weighted by atomic mass is 10.2. The number of nitro groups is 1. The van der Waals surface area contributed by atoms with E-state index in [1.165, 1.54) is 47.8 Å². The Morgan fingerprint density at radius 1 is 0.938 bits per heavy atom. The molecule has 2 N–H and O–H groups in total. The molecule has 32 heavy (non-hydrogen) atoms. The van der Waals surface area contributed by atoms with Crippen molar-refractivity contribution < 1.29 is 18.1 Å². The zero-order valence-electron chi connectivity index (χ0n) is 17.3. The molecule has 0 heterocycles. The van der Waals surface area contributed by atoms with E-state index < -0.39 is 14.9 Å². The van der Waals surface area contributed by atoms with E-state index in [0.29, 0.717) is 30.0 Å². The van der Waals surface area contributed by atoms with Crippen LogP contribution in [-0.2, 0) is 10.0 Å². The quantitative estimate of drug-likeness (QED) is 0.291. The van der Waals surface area contributed by atoms with Crippen LogP contribution >= 0.6 is 0 Å². The average molecular weight is 455 g/mol. The van der Waals surface area contributed by atoms with Gasteiger partial charge in [0.15, 0.2) is 0 Å². The highest BCUT2D eigenvalue weighted by Crippen LogP contribution is 2.22. The molecule has 10 heteroatoms. The van der Waals surface area contributed by atoms with Crippen molar-refractivity contribution in [3.63, 3.8) is 0 Å². The minimum atomic E-state index is -3.75. The number of benzene rings is 3. The van der Waals surface area contributed by atoms with Gasteiger partial charge < -0.3 is 10.6 Å². The van der Waals surface area contributed by atoms with E-state index in [1.807, 2.05) is 0 Å². The smallest absolute Gasteiger partial charge is 0.269 e. The molecule has 166 valence electrons. The zero-order chi connectivity index (χ0) is 23.1. The number of carbonyl (C=O) groups excluding carboxylic acids is 1. The first-order valence-corrected chi connectivity index (χ1v) is 11.1. The van der Waals surface area contributed by atoms with Gasteiger partial charge in [0.05, 0.1) is 15.5 Å². The molecular formula is C22H22N4O5S. The standard InChI is InChI=1S/C22H22N4O5S/c1-25(19-5-3-2-4-6-19)32(30,31)21-13-7-17(8-14-21)22(27)24-16-15-23-18-9-11-20(12-10-18)26(28)29/h2-14,23H,15-16H2,1H3,(H,24,27). The summed E-state index contributed by atoms with van der Waals surface area (Å²) in [5, 5.41) is 16.4. The molecule has 0 bridgehead atoms. The van der Waals surface area contributed by atoms with Crippen LogP contribution in [0.5, 0.6) is 0 Å². The van der Waals surface area contributed by atoms with Crippen molar-refractivity contribution in [2.45, 2.75) is 4.90 Å². The number of hydrogen-bond donors (Lipinski definition) is 2.